The summed E-state index contributed by atoms with van der Waals surface area (Å²) in [4.78, 5) is 11.9. The predicted octanol–water partition coefficient (Wildman–Crippen LogP) is 4.73. The van der Waals surface area contributed by atoms with Crippen LogP contribution in [-0.4, -0.2) is 12.6 Å². The molecule has 0 aliphatic rings. The van der Waals surface area contributed by atoms with Gasteiger partial charge in [0.25, 0.3) is 0 Å². The summed E-state index contributed by atoms with van der Waals surface area (Å²) < 4.78 is 28.4. The molecule has 0 unspecified atom stereocenters. The van der Waals surface area contributed by atoms with Crippen molar-refractivity contribution in [3.8, 4) is 5.75 Å². The van der Waals surface area contributed by atoms with Crippen molar-refractivity contribution < 1.29 is 18.3 Å². The van der Waals surface area contributed by atoms with Crippen LogP contribution in [0, 0.1) is 0 Å². The first-order valence-electron chi connectivity index (χ1n) is 7.62. The molecule has 2 amide bonds. The van der Waals surface area contributed by atoms with Crippen LogP contribution in [0.3, 0.4) is 0 Å². The zero-order valence-electron chi connectivity index (χ0n) is 13.6. The standard InChI is InChI=1S/C18H20F2N2O2/c1-12(2)14-4-3-5-15(10-14)22-18(23)21-11-13-6-8-16(9-7-13)24-17(19)20/h3-10,12,17H,11H2,1-2H3,(H2,21,22,23). The fraction of sp³-hybridized carbons (Fsp3) is 0.278. The monoisotopic (exact) mass is 334 g/mol. The van der Waals surface area contributed by atoms with E-state index in [-0.39, 0.29) is 18.3 Å². The van der Waals surface area contributed by atoms with E-state index in [2.05, 4.69) is 29.2 Å². The smallest absolute Gasteiger partial charge is 0.387 e. The summed E-state index contributed by atoms with van der Waals surface area (Å²) in [6, 6.07) is 13.4. The molecule has 4 nitrogen and oxygen atoms in total. The lowest BCUT2D eigenvalue weighted by Crippen LogP contribution is -2.28. The van der Waals surface area contributed by atoms with Gasteiger partial charge >= 0.3 is 12.6 Å². The van der Waals surface area contributed by atoms with Crippen molar-refractivity contribution >= 4 is 11.7 Å². The topological polar surface area (TPSA) is 50.4 Å². The molecule has 2 N–H and O–H groups in total. The molecule has 0 aliphatic heterocycles. The number of benzene rings is 2. The van der Waals surface area contributed by atoms with Gasteiger partial charge in [-0.2, -0.15) is 8.78 Å². The summed E-state index contributed by atoms with van der Waals surface area (Å²) in [5.41, 5.74) is 2.64. The van der Waals surface area contributed by atoms with Gasteiger partial charge in [-0.05, 0) is 41.3 Å². The Hall–Kier alpha value is -2.63. The molecule has 2 rings (SSSR count). The van der Waals surface area contributed by atoms with Crippen LogP contribution in [-0.2, 0) is 6.54 Å². The molecule has 0 saturated carbocycles. The van der Waals surface area contributed by atoms with Crippen LogP contribution in [0.25, 0.3) is 0 Å². The average Bonchev–Trinajstić information content (AvgIpc) is 2.54. The third kappa shape index (κ3) is 5.53. The van der Waals surface area contributed by atoms with Crippen LogP contribution < -0.4 is 15.4 Å². The highest BCUT2D eigenvalue weighted by Crippen LogP contribution is 2.18. The molecular formula is C18H20F2N2O2. The summed E-state index contributed by atoms with van der Waals surface area (Å²) >= 11 is 0. The summed E-state index contributed by atoms with van der Waals surface area (Å²) in [5.74, 6) is 0.465. The quantitative estimate of drug-likeness (QED) is 0.802. The van der Waals surface area contributed by atoms with E-state index in [4.69, 9.17) is 0 Å². The summed E-state index contributed by atoms with van der Waals surface area (Å²) in [5, 5.41) is 5.49. The van der Waals surface area contributed by atoms with Crippen LogP contribution in [0.5, 0.6) is 5.75 Å². The van der Waals surface area contributed by atoms with Crippen LogP contribution in [0.2, 0.25) is 0 Å². The summed E-state index contributed by atoms with van der Waals surface area (Å²) in [6.45, 7) is 1.60. The molecule has 0 bridgehead atoms. The van der Waals surface area contributed by atoms with Gasteiger partial charge in [-0.1, -0.05) is 38.1 Å². The second-order valence-corrected chi connectivity index (χ2v) is 5.61. The third-order valence-electron chi connectivity index (χ3n) is 3.41. The number of ether oxygens (including phenoxy) is 1. The fourth-order valence-corrected chi connectivity index (χ4v) is 2.12. The van der Waals surface area contributed by atoms with E-state index in [1.165, 1.54) is 12.1 Å². The number of alkyl halides is 2. The van der Waals surface area contributed by atoms with Gasteiger partial charge in [-0.15, -0.1) is 0 Å². The van der Waals surface area contributed by atoms with Gasteiger partial charge in [0, 0.05) is 12.2 Å². The van der Waals surface area contributed by atoms with Crippen molar-refractivity contribution in [3.63, 3.8) is 0 Å². The Morgan fingerprint density at radius 3 is 2.46 bits per heavy atom. The number of halogens is 2. The number of nitrogens with one attached hydrogen (secondary N) is 2. The minimum absolute atomic E-state index is 0.0868. The highest BCUT2D eigenvalue weighted by molar-refractivity contribution is 5.89. The summed E-state index contributed by atoms with van der Waals surface area (Å²) in [7, 11) is 0. The molecule has 2 aromatic rings. The molecule has 0 radical (unpaired) electrons. The lowest BCUT2D eigenvalue weighted by atomic mass is 10.0. The van der Waals surface area contributed by atoms with E-state index in [0.29, 0.717) is 5.92 Å². The number of hydrogen-bond acceptors (Lipinski definition) is 2. The Labute approximate surface area is 139 Å². The molecule has 6 heteroatoms. The van der Waals surface area contributed by atoms with Gasteiger partial charge in [-0.3, -0.25) is 0 Å². The second-order valence-electron chi connectivity index (χ2n) is 5.61. The molecule has 24 heavy (non-hydrogen) atoms. The average molecular weight is 334 g/mol. The maximum atomic E-state index is 12.1. The van der Waals surface area contributed by atoms with E-state index in [9.17, 15) is 13.6 Å². The SMILES string of the molecule is CC(C)c1cccc(NC(=O)NCc2ccc(OC(F)F)cc2)c1. The number of hydrogen-bond donors (Lipinski definition) is 2. The zero-order chi connectivity index (χ0) is 17.5. The highest BCUT2D eigenvalue weighted by Gasteiger charge is 2.06. The van der Waals surface area contributed by atoms with Crippen molar-refractivity contribution in [2.45, 2.75) is 32.9 Å². The molecular weight excluding hydrogens is 314 g/mol. The first-order chi connectivity index (χ1) is 11.4. The predicted molar refractivity (Wildman–Crippen MR) is 89.5 cm³/mol. The Balaban J connectivity index is 1.85. The van der Waals surface area contributed by atoms with Crippen molar-refractivity contribution in [2.75, 3.05) is 5.32 Å². The first-order valence-corrected chi connectivity index (χ1v) is 7.62. The Morgan fingerprint density at radius 2 is 1.83 bits per heavy atom. The largest absolute Gasteiger partial charge is 0.435 e. The van der Waals surface area contributed by atoms with Gasteiger partial charge in [-0.25, -0.2) is 4.79 Å². The third-order valence-corrected chi connectivity index (χ3v) is 3.41. The van der Waals surface area contributed by atoms with Gasteiger partial charge in [0.1, 0.15) is 5.75 Å². The Morgan fingerprint density at radius 1 is 1.12 bits per heavy atom. The Bertz CT molecular complexity index is 673. The van der Waals surface area contributed by atoms with Crippen molar-refractivity contribution in [1.29, 1.82) is 0 Å². The van der Waals surface area contributed by atoms with Crippen LogP contribution >= 0.6 is 0 Å². The minimum Gasteiger partial charge on any atom is -0.435 e. The van der Waals surface area contributed by atoms with Crippen LogP contribution in [0.1, 0.15) is 30.9 Å². The van der Waals surface area contributed by atoms with E-state index >= 15 is 0 Å². The van der Waals surface area contributed by atoms with Crippen molar-refractivity contribution in [1.82, 2.24) is 5.32 Å². The lowest BCUT2D eigenvalue weighted by molar-refractivity contribution is -0.0498. The molecule has 0 atom stereocenters. The van der Waals surface area contributed by atoms with Gasteiger partial charge < -0.3 is 15.4 Å². The number of carbonyl (C=O) groups is 1. The number of anilines is 1. The maximum Gasteiger partial charge on any atom is 0.387 e. The van der Waals surface area contributed by atoms with E-state index in [1.807, 2.05) is 24.3 Å². The Kier molecular flexibility index (Phi) is 6.12. The highest BCUT2D eigenvalue weighted by atomic mass is 19.3. The molecule has 0 aromatic heterocycles. The van der Waals surface area contributed by atoms with Gasteiger partial charge in [0.05, 0.1) is 0 Å². The number of carbonyl (C=O) groups excluding carboxylic acids is 1. The van der Waals surface area contributed by atoms with E-state index in [0.717, 1.165) is 16.8 Å². The number of amides is 2. The summed E-state index contributed by atoms with van der Waals surface area (Å²) in [6.07, 6.45) is 0. The molecule has 0 heterocycles. The lowest BCUT2D eigenvalue weighted by Gasteiger charge is -2.11. The van der Waals surface area contributed by atoms with Crippen LogP contribution in [0.4, 0.5) is 19.3 Å². The van der Waals surface area contributed by atoms with Gasteiger partial charge in [0.15, 0.2) is 0 Å². The number of urea groups is 1. The minimum atomic E-state index is -2.85. The van der Waals surface area contributed by atoms with E-state index in [1.54, 1.807) is 12.1 Å². The normalized spacial score (nSPS) is 10.8. The second kappa shape index (κ2) is 8.29. The fourth-order valence-electron chi connectivity index (χ4n) is 2.12. The maximum absolute atomic E-state index is 12.1. The molecule has 0 saturated heterocycles. The molecule has 0 aliphatic carbocycles. The molecule has 0 fully saturated rings. The van der Waals surface area contributed by atoms with Crippen molar-refractivity contribution in [3.05, 3.63) is 59.7 Å². The number of rotatable bonds is 6. The molecule has 2 aromatic carbocycles. The first kappa shape index (κ1) is 17.7. The van der Waals surface area contributed by atoms with E-state index < -0.39 is 6.61 Å². The molecule has 128 valence electrons. The zero-order valence-corrected chi connectivity index (χ0v) is 13.6. The molecule has 0 spiro atoms. The van der Waals surface area contributed by atoms with Gasteiger partial charge in [0.2, 0.25) is 0 Å². The van der Waals surface area contributed by atoms with Crippen molar-refractivity contribution in [2.24, 2.45) is 0 Å². The van der Waals surface area contributed by atoms with Crippen LogP contribution in [0.15, 0.2) is 48.5 Å².